The Bertz CT molecular complexity index is 849. The van der Waals surface area contributed by atoms with Crippen molar-refractivity contribution in [1.82, 2.24) is 9.88 Å². The minimum absolute atomic E-state index is 0.0348. The van der Waals surface area contributed by atoms with Gasteiger partial charge < -0.3 is 9.88 Å². The van der Waals surface area contributed by atoms with Gasteiger partial charge >= 0.3 is 0 Å². The number of halogens is 2. The van der Waals surface area contributed by atoms with Gasteiger partial charge in [0.05, 0.1) is 14.7 Å². The van der Waals surface area contributed by atoms with E-state index in [1.807, 2.05) is 32.0 Å². The molecule has 0 saturated heterocycles. The van der Waals surface area contributed by atoms with Crippen molar-refractivity contribution in [2.45, 2.75) is 26.4 Å². The Labute approximate surface area is 156 Å². The highest BCUT2D eigenvalue weighted by atomic mass is 79.9. The molecule has 6 heteroatoms. The van der Waals surface area contributed by atoms with E-state index in [4.69, 9.17) is 0 Å². The van der Waals surface area contributed by atoms with Crippen LogP contribution in [0, 0.1) is 0 Å². The summed E-state index contributed by atoms with van der Waals surface area (Å²) < 4.78 is 5.27. The van der Waals surface area contributed by atoms with Gasteiger partial charge in [-0.05, 0) is 53.5 Å². The van der Waals surface area contributed by atoms with Crippen molar-refractivity contribution in [2.75, 3.05) is 0 Å². The molecule has 3 nitrogen and oxygen atoms in total. The molecule has 0 unspecified atom stereocenters. The molecule has 2 aromatic heterocycles. The zero-order valence-electron chi connectivity index (χ0n) is 12.8. The standard InChI is InChI=1S/C17H16Br2N2OS/c1-10(2)20-17(22)14-7-15-16(13(19)9-23-15)21(14)8-11-3-5-12(18)6-4-11/h3-7,9-10H,8H2,1-2H3,(H,20,22). The average Bonchev–Trinajstić information content (AvgIpc) is 3.02. The predicted octanol–water partition coefficient (Wildman–Crippen LogP) is 5.41. The van der Waals surface area contributed by atoms with E-state index in [1.54, 1.807) is 11.3 Å². The predicted molar refractivity (Wildman–Crippen MR) is 103 cm³/mol. The van der Waals surface area contributed by atoms with E-state index in [1.165, 1.54) is 0 Å². The summed E-state index contributed by atoms with van der Waals surface area (Å²) in [4.78, 5) is 12.5. The van der Waals surface area contributed by atoms with E-state index in [0.717, 1.165) is 24.7 Å². The van der Waals surface area contributed by atoms with Crippen molar-refractivity contribution >= 4 is 59.3 Å². The lowest BCUT2D eigenvalue weighted by atomic mass is 10.2. The Balaban J connectivity index is 2.06. The molecule has 0 aliphatic heterocycles. The lowest BCUT2D eigenvalue weighted by Gasteiger charge is -2.13. The van der Waals surface area contributed by atoms with Crippen LogP contribution < -0.4 is 5.32 Å². The molecule has 0 bridgehead atoms. The van der Waals surface area contributed by atoms with Crippen LogP contribution in [0.2, 0.25) is 0 Å². The number of amides is 1. The van der Waals surface area contributed by atoms with Crippen molar-refractivity contribution in [3.8, 4) is 0 Å². The molecule has 120 valence electrons. The SMILES string of the molecule is CC(C)NC(=O)c1cc2scc(Br)c2n1Cc1ccc(Br)cc1. The number of nitrogens with zero attached hydrogens (tertiary/aromatic N) is 1. The summed E-state index contributed by atoms with van der Waals surface area (Å²) >= 11 is 8.71. The van der Waals surface area contributed by atoms with E-state index in [0.29, 0.717) is 12.2 Å². The van der Waals surface area contributed by atoms with Crippen molar-refractivity contribution < 1.29 is 4.79 Å². The number of hydrogen-bond acceptors (Lipinski definition) is 2. The molecule has 3 aromatic rings. The van der Waals surface area contributed by atoms with Gasteiger partial charge in [-0.3, -0.25) is 4.79 Å². The maximum Gasteiger partial charge on any atom is 0.268 e. The molecule has 0 radical (unpaired) electrons. The maximum atomic E-state index is 12.5. The Kier molecular flexibility index (Phi) is 4.94. The van der Waals surface area contributed by atoms with Gasteiger partial charge in [0, 0.05) is 22.4 Å². The summed E-state index contributed by atoms with van der Waals surface area (Å²) in [6.45, 7) is 4.60. The van der Waals surface area contributed by atoms with Gasteiger partial charge in [-0.2, -0.15) is 0 Å². The van der Waals surface area contributed by atoms with Crippen LogP contribution in [0.15, 0.2) is 44.7 Å². The highest BCUT2D eigenvalue weighted by Gasteiger charge is 2.19. The number of carbonyl (C=O) groups excluding carboxylic acids is 1. The number of benzene rings is 1. The summed E-state index contributed by atoms with van der Waals surface area (Å²) in [6, 6.07) is 10.3. The van der Waals surface area contributed by atoms with Crippen LogP contribution in [0.25, 0.3) is 10.2 Å². The fraction of sp³-hybridized carbons (Fsp3) is 0.235. The molecule has 23 heavy (non-hydrogen) atoms. The summed E-state index contributed by atoms with van der Waals surface area (Å²) in [5.74, 6) is -0.0348. The topological polar surface area (TPSA) is 34.0 Å². The quantitative estimate of drug-likeness (QED) is 0.560. The molecular weight excluding hydrogens is 440 g/mol. The second-order valence-electron chi connectivity index (χ2n) is 5.67. The molecule has 0 spiro atoms. The van der Waals surface area contributed by atoms with Crippen LogP contribution in [0.3, 0.4) is 0 Å². The number of fused-ring (bicyclic) bond motifs is 1. The van der Waals surface area contributed by atoms with E-state index < -0.39 is 0 Å². The fourth-order valence-corrected chi connectivity index (χ4v) is 4.45. The van der Waals surface area contributed by atoms with E-state index in [9.17, 15) is 4.79 Å². The average molecular weight is 456 g/mol. The second-order valence-corrected chi connectivity index (χ2v) is 8.35. The first-order valence-corrected chi connectivity index (χ1v) is 9.74. The Morgan fingerprint density at radius 3 is 2.61 bits per heavy atom. The molecule has 0 saturated carbocycles. The lowest BCUT2D eigenvalue weighted by Crippen LogP contribution is -2.31. The summed E-state index contributed by atoms with van der Waals surface area (Å²) in [5, 5.41) is 5.05. The highest BCUT2D eigenvalue weighted by molar-refractivity contribution is 9.11. The number of hydrogen-bond donors (Lipinski definition) is 1. The van der Waals surface area contributed by atoms with E-state index >= 15 is 0 Å². The normalized spacial score (nSPS) is 11.3. The fourth-order valence-electron chi connectivity index (χ4n) is 2.49. The van der Waals surface area contributed by atoms with Crippen LogP contribution in [0.5, 0.6) is 0 Å². The molecule has 1 amide bonds. The molecule has 0 aliphatic carbocycles. The Hall–Kier alpha value is -1.11. The third-order valence-corrected chi connectivity index (χ3v) is 5.84. The van der Waals surface area contributed by atoms with Gasteiger partial charge in [0.25, 0.3) is 5.91 Å². The minimum Gasteiger partial charge on any atom is -0.349 e. The summed E-state index contributed by atoms with van der Waals surface area (Å²) in [5.41, 5.74) is 2.93. The second kappa shape index (κ2) is 6.79. The largest absolute Gasteiger partial charge is 0.349 e. The molecular formula is C17H16Br2N2OS. The van der Waals surface area contributed by atoms with Gasteiger partial charge in [-0.1, -0.05) is 28.1 Å². The first kappa shape index (κ1) is 16.7. The molecule has 1 N–H and O–H groups in total. The molecule has 3 rings (SSSR count). The van der Waals surface area contributed by atoms with Gasteiger partial charge in [0.15, 0.2) is 0 Å². The number of carbonyl (C=O) groups is 1. The Morgan fingerprint density at radius 1 is 1.26 bits per heavy atom. The molecule has 0 aliphatic rings. The van der Waals surface area contributed by atoms with Gasteiger partial charge in [0.1, 0.15) is 5.69 Å². The molecule has 2 heterocycles. The number of aromatic nitrogens is 1. The van der Waals surface area contributed by atoms with Crippen LogP contribution in [-0.4, -0.2) is 16.5 Å². The third kappa shape index (κ3) is 3.54. The van der Waals surface area contributed by atoms with Crippen LogP contribution in [-0.2, 0) is 6.54 Å². The van der Waals surface area contributed by atoms with Gasteiger partial charge in [-0.15, -0.1) is 11.3 Å². The maximum absolute atomic E-state index is 12.5. The zero-order chi connectivity index (χ0) is 16.6. The highest BCUT2D eigenvalue weighted by Crippen LogP contribution is 2.34. The lowest BCUT2D eigenvalue weighted by molar-refractivity contribution is 0.0934. The Morgan fingerprint density at radius 2 is 1.96 bits per heavy atom. The van der Waals surface area contributed by atoms with Gasteiger partial charge in [0.2, 0.25) is 0 Å². The third-order valence-electron chi connectivity index (χ3n) is 3.48. The first-order chi connectivity index (χ1) is 11.0. The molecule has 1 aromatic carbocycles. The van der Waals surface area contributed by atoms with E-state index in [2.05, 4.69) is 59.3 Å². The van der Waals surface area contributed by atoms with Crippen molar-refractivity contribution in [2.24, 2.45) is 0 Å². The van der Waals surface area contributed by atoms with Crippen LogP contribution in [0.4, 0.5) is 0 Å². The molecule has 0 fully saturated rings. The minimum atomic E-state index is -0.0348. The van der Waals surface area contributed by atoms with E-state index in [-0.39, 0.29) is 11.9 Å². The smallest absolute Gasteiger partial charge is 0.268 e. The summed E-state index contributed by atoms with van der Waals surface area (Å²) in [7, 11) is 0. The monoisotopic (exact) mass is 454 g/mol. The number of nitrogens with one attached hydrogen (secondary N) is 1. The van der Waals surface area contributed by atoms with Crippen LogP contribution >= 0.6 is 43.2 Å². The van der Waals surface area contributed by atoms with Crippen LogP contribution in [0.1, 0.15) is 29.9 Å². The first-order valence-electron chi connectivity index (χ1n) is 7.27. The molecule has 0 atom stereocenters. The summed E-state index contributed by atoms with van der Waals surface area (Å²) in [6.07, 6.45) is 0. The van der Waals surface area contributed by atoms with Crippen molar-refractivity contribution in [1.29, 1.82) is 0 Å². The number of rotatable bonds is 4. The van der Waals surface area contributed by atoms with Crippen molar-refractivity contribution in [3.05, 3.63) is 55.9 Å². The number of thiophene rings is 1. The van der Waals surface area contributed by atoms with Gasteiger partial charge in [-0.25, -0.2) is 0 Å². The zero-order valence-corrected chi connectivity index (χ0v) is 16.8. The van der Waals surface area contributed by atoms with Crippen molar-refractivity contribution in [3.63, 3.8) is 0 Å².